The molecular formula is C14H12O3Se. The van der Waals surface area contributed by atoms with E-state index in [1.807, 2.05) is 24.3 Å². The van der Waals surface area contributed by atoms with Gasteiger partial charge in [-0.2, -0.15) is 0 Å². The van der Waals surface area contributed by atoms with Crippen LogP contribution >= 0.6 is 0 Å². The molecule has 0 aliphatic carbocycles. The molecule has 2 rings (SSSR count). The van der Waals surface area contributed by atoms with Crippen LogP contribution in [0.25, 0.3) is 10.0 Å². The van der Waals surface area contributed by atoms with Crippen LogP contribution in [-0.4, -0.2) is 33.4 Å². The molecule has 0 unspecified atom stereocenters. The van der Waals surface area contributed by atoms with Crippen LogP contribution in [0, 0.1) is 0 Å². The average Bonchev–Trinajstić information content (AvgIpc) is 2.88. The third-order valence-corrected chi connectivity index (χ3v) is 4.65. The molecule has 0 aliphatic heterocycles. The molecule has 0 amide bonds. The molecular weight excluding hydrogens is 295 g/mol. The molecule has 3 nitrogen and oxygen atoms in total. The Bertz CT molecular complexity index is 555. The van der Waals surface area contributed by atoms with Gasteiger partial charge in [-0.25, -0.2) is 0 Å². The molecule has 0 N–H and O–H groups in total. The van der Waals surface area contributed by atoms with Crippen LogP contribution in [0.3, 0.4) is 0 Å². The van der Waals surface area contributed by atoms with E-state index in [1.165, 1.54) is 0 Å². The number of carbonyl (C=O) groups excluding carboxylic acids is 2. The summed E-state index contributed by atoms with van der Waals surface area (Å²) >= 11 is 0.0766. The number of benzene rings is 1. The van der Waals surface area contributed by atoms with Crippen LogP contribution in [0.1, 0.15) is 26.5 Å². The van der Waals surface area contributed by atoms with Crippen molar-refractivity contribution in [2.75, 3.05) is 6.61 Å². The van der Waals surface area contributed by atoms with Gasteiger partial charge in [-0.15, -0.1) is 0 Å². The quantitative estimate of drug-likeness (QED) is 0.495. The molecule has 0 fully saturated rings. The molecule has 0 spiro atoms. The van der Waals surface area contributed by atoms with Crippen molar-refractivity contribution in [1.82, 2.24) is 0 Å². The Morgan fingerprint density at radius 2 is 1.94 bits per heavy atom. The van der Waals surface area contributed by atoms with E-state index in [0.717, 1.165) is 20.7 Å². The molecule has 0 saturated carbocycles. The summed E-state index contributed by atoms with van der Waals surface area (Å²) in [4.78, 5) is 22.1. The van der Waals surface area contributed by atoms with Crippen molar-refractivity contribution in [3.63, 3.8) is 0 Å². The summed E-state index contributed by atoms with van der Waals surface area (Å²) in [5, 5.41) is 0. The van der Waals surface area contributed by atoms with Gasteiger partial charge in [0.2, 0.25) is 0 Å². The SMILES string of the molecule is CCOC(=O)c1ccc(-c2ccc(C=O)[se]2)cc1. The van der Waals surface area contributed by atoms with Crippen molar-refractivity contribution in [2.45, 2.75) is 6.92 Å². The van der Waals surface area contributed by atoms with Crippen molar-refractivity contribution in [3.8, 4) is 10.0 Å². The first kappa shape index (κ1) is 12.8. The fraction of sp³-hybridized carbons (Fsp3) is 0.143. The average molecular weight is 307 g/mol. The van der Waals surface area contributed by atoms with Gasteiger partial charge in [-0.1, -0.05) is 0 Å². The molecule has 1 heterocycles. The van der Waals surface area contributed by atoms with Crippen molar-refractivity contribution in [2.24, 2.45) is 0 Å². The zero-order valence-electron chi connectivity index (χ0n) is 9.88. The Morgan fingerprint density at radius 1 is 1.22 bits per heavy atom. The van der Waals surface area contributed by atoms with Gasteiger partial charge in [0.1, 0.15) is 0 Å². The topological polar surface area (TPSA) is 43.4 Å². The molecule has 1 aromatic carbocycles. The van der Waals surface area contributed by atoms with Gasteiger partial charge in [-0.3, -0.25) is 0 Å². The Labute approximate surface area is 111 Å². The van der Waals surface area contributed by atoms with E-state index in [2.05, 4.69) is 0 Å². The van der Waals surface area contributed by atoms with Crippen molar-refractivity contribution in [3.05, 3.63) is 46.4 Å². The maximum absolute atomic E-state index is 11.5. The molecule has 1 aromatic heterocycles. The number of carbonyl (C=O) groups is 2. The molecule has 0 bridgehead atoms. The van der Waals surface area contributed by atoms with Gasteiger partial charge >= 0.3 is 111 Å². The van der Waals surface area contributed by atoms with Crippen LogP contribution in [-0.2, 0) is 4.74 Å². The van der Waals surface area contributed by atoms with Crippen molar-refractivity contribution < 1.29 is 14.3 Å². The van der Waals surface area contributed by atoms with Gasteiger partial charge in [0.15, 0.2) is 0 Å². The summed E-state index contributed by atoms with van der Waals surface area (Å²) in [7, 11) is 0. The number of aldehydes is 1. The molecule has 0 aliphatic rings. The summed E-state index contributed by atoms with van der Waals surface area (Å²) in [5.41, 5.74) is 1.60. The van der Waals surface area contributed by atoms with E-state index in [1.54, 1.807) is 19.1 Å². The van der Waals surface area contributed by atoms with Gasteiger partial charge in [-0.05, 0) is 0 Å². The monoisotopic (exact) mass is 308 g/mol. The van der Waals surface area contributed by atoms with Crippen LogP contribution in [0.4, 0.5) is 0 Å². The van der Waals surface area contributed by atoms with Crippen LogP contribution in [0.2, 0.25) is 0 Å². The van der Waals surface area contributed by atoms with Crippen molar-refractivity contribution in [1.29, 1.82) is 0 Å². The maximum atomic E-state index is 11.5. The second kappa shape index (κ2) is 5.80. The number of ether oxygens (including phenoxy) is 1. The second-order valence-corrected chi connectivity index (χ2v) is 5.96. The van der Waals surface area contributed by atoms with Crippen LogP contribution in [0.15, 0.2) is 36.4 Å². The van der Waals surface area contributed by atoms with Gasteiger partial charge < -0.3 is 0 Å². The number of hydrogen-bond acceptors (Lipinski definition) is 3. The van der Waals surface area contributed by atoms with Gasteiger partial charge in [0, 0.05) is 0 Å². The van der Waals surface area contributed by atoms with Gasteiger partial charge in [0.25, 0.3) is 0 Å². The predicted molar refractivity (Wildman–Crippen MR) is 70.2 cm³/mol. The number of rotatable bonds is 4. The first-order valence-corrected chi connectivity index (χ1v) is 7.28. The minimum absolute atomic E-state index is 0.0766. The molecule has 4 heteroatoms. The Kier molecular flexibility index (Phi) is 4.13. The van der Waals surface area contributed by atoms with Crippen molar-refractivity contribution >= 4 is 26.8 Å². The Morgan fingerprint density at radius 3 is 2.50 bits per heavy atom. The summed E-state index contributed by atoms with van der Waals surface area (Å²) in [6.45, 7) is 2.16. The van der Waals surface area contributed by atoms with E-state index in [4.69, 9.17) is 4.74 Å². The molecule has 92 valence electrons. The number of esters is 1. The first-order valence-electron chi connectivity index (χ1n) is 5.57. The fourth-order valence-corrected chi connectivity index (χ4v) is 3.29. The van der Waals surface area contributed by atoms with E-state index >= 15 is 0 Å². The minimum atomic E-state index is -0.304. The normalized spacial score (nSPS) is 10.1. The molecule has 2 aromatic rings. The Balaban J connectivity index is 2.21. The Hall–Kier alpha value is -1.64. The molecule has 18 heavy (non-hydrogen) atoms. The molecule has 0 saturated heterocycles. The molecule has 0 radical (unpaired) electrons. The van der Waals surface area contributed by atoms with E-state index < -0.39 is 0 Å². The summed E-state index contributed by atoms with van der Waals surface area (Å²) in [6.07, 6.45) is 0.899. The van der Waals surface area contributed by atoms with Gasteiger partial charge in [0.05, 0.1) is 0 Å². The third-order valence-electron chi connectivity index (χ3n) is 2.42. The third kappa shape index (κ3) is 2.78. The first-order chi connectivity index (χ1) is 8.74. The second-order valence-electron chi connectivity index (χ2n) is 3.62. The summed E-state index contributed by atoms with van der Waals surface area (Å²) < 4.78 is 6.91. The van der Waals surface area contributed by atoms with E-state index in [0.29, 0.717) is 12.2 Å². The zero-order valence-corrected chi connectivity index (χ0v) is 11.6. The fourth-order valence-electron chi connectivity index (χ4n) is 1.56. The predicted octanol–water partition coefficient (Wildman–Crippen LogP) is 2.40. The summed E-state index contributed by atoms with van der Waals surface area (Å²) in [6, 6.07) is 11.1. The van der Waals surface area contributed by atoms with Crippen LogP contribution in [0.5, 0.6) is 0 Å². The number of hydrogen-bond donors (Lipinski definition) is 0. The van der Waals surface area contributed by atoms with E-state index in [9.17, 15) is 9.59 Å². The zero-order chi connectivity index (χ0) is 13.0. The molecule has 0 atom stereocenters. The van der Waals surface area contributed by atoms with Crippen LogP contribution < -0.4 is 0 Å². The van der Waals surface area contributed by atoms with E-state index in [-0.39, 0.29) is 20.5 Å². The summed E-state index contributed by atoms with van der Waals surface area (Å²) in [5.74, 6) is -0.304. The standard InChI is InChI=1S/C14H12O3Se/c1-2-17-14(16)11-5-3-10(4-6-11)13-8-7-12(9-15)18-13/h3-9H,2H2,1H3.